The van der Waals surface area contributed by atoms with E-state index in [0.717, 1.165) is 16.8 Å². The van der Waals surface area contributed by atoms with Gasteiger partial charge in [-0.15, -0.1) is 10.2 Å². The Hall–Kier alpha value is -4.19. The first-order valence-electron chi connectivity index (χ1n) is 12.6. The van der Waals surface area contributed by atoms with Crippen molar-refractivity contribution >= 4 is 35.8 Å². The highest BCUT2D eigenvalue weighted by atomic mass is 35.5. The molecule has 0 spiro atoms. The van der Waals surface area contributed by atoms with E-state index in [0.29, 0.717) is 39.3 Å². The molecule has 3 aromatic carbocycles. The number of aliphatic imine (C=N–C) groups is 1. The Morgan fingerprint density at radius 2 is 1.88 bits per heavy atom. The number of methoxy groups -OCH3 is 1. The van der Waals surface area contributed by atoms with Crippen molar-refractivity contribution in [2.75, 3.05) is 20.3 Å². The molecule has 40 heavy (non-hydrogen) atoms. The fraction of sp³-hybridized carbons (Fsp3) is 0.214. The standard InChI is InChI=1S/C28H27BClN5O5/c1-17-33-34-28-24(16-26(36)31-12-13-40-22-5-3-4-19(14-22)29(37)38)32-27(18-6-8-20(30)9-7-18)23-15-21(39-2)10-11-25(23)35(17)28/h3-11,14-15,24,37-38H,12-13,16H2,1-2H3,(H,31,36)/t24-/m0/s1. The zero-order valence-electron chi connectivity index (χ0n) is 21.9. The van der Waals surface area contributed by atoms with Gasteiger partial charge in [-0.25, -0.2) is 0 Å². The van der Waals surface area contributed by atoms with E-state index in [1.165, 1.54) is 6.07 Å². The highest BCUT2D eigenvalue weighted by Crippen LogP contribution is 2.34. The number of aryl methyl sites for hydroxylation is 1. The van der Waals surface area contributed by atoms with Crippen LogP contribution in [0.25, 0.3) is 5.69 Å². The molecule has 1 atom stereocenters. The second-order valence-electron chi connectivity index (χ2n) is 9.17. The number of nitrogens with one attached hydrogen (secondary N) is 1. The summed E-state index contributed by atoms with van der Waals surface area (Å²) in [5, 5.41) is 30.8. The molecule has 0 fully saturated rings. The van der Waals surface area contributed by atoms with Gasteiger partial charge in [0.2, 0.25) is 5.91 Å². The molecule has 1 amide bonds. The van der Waals surface area contributed by atoms with Gasteiger partial charge in [0, 0.05) is 16.1 Å². The normalized spacial score (nSPS) is 13.9. The van der Waals surface area contributed by atoms with Crippen LogP contribution in [0, 0.1) is 6.92 Å². The summed E-state index contributed by atoms with van der Waals surface area (Å²) < 4.78 is 13.1. The van der Waals surface area contributed by atoms with Crippen molar-refractivity contribution in [3.05, 3.63) is 94.5 Å². The largest absolute Gasteiger partial charge is 0.497 e. The van der Waals surface area contributed by atoms with Crippen LogP contribution in [-0.2, 0) is 4.79 Å². The Labute approximate surface area is 236 Å². The van der Waals surface area contributed by atoms with E-state index in [2.05, 4.69) is 15.5 Å². The van der Waals surface area contributed by atoms with Crippen LogP contribution < -0.4 is 20.3 Å². The fourth-order valence-electron chi connectivity index (χ4n) is 4.55. The number of rotatable bonds is 9. The molecule has 0 saturated heterocycles. The van der Waals surface area contributed by atoms with E-state index in [4.69, 9.17) is 26.1 Å². The molecule has 4 aromatic rings. The highest BCUT2D eigenvalue weighted by Gasteiger charge is 2.30. The summed E-state index contributed by atoms with van der Waals surface area (Å²) in [6.07, 6.45) is 0.0343. The second kappa shape index (κ2) is 11.9. The quantitative estimate of drug-likeness (QED) is 0.212. The summed E-state index contributed by atoms with van der Waals surface area (Å²) in [6, 6.07) is 19.0. The van der Waals surface area contributed by atoms with Crippen molar-refractivity contribution in [2.45, 2.75) is 19.4 Å². The molecule has 3 N–H and O–H groups in total. The lowest BCUT2D eigenvalue weighted by Crippen LogP contribution is -2.31. The van der Waals surface area contributed by atoms with Crippen LogP contribution in [0.3, 0.4) is 0 Å². The van der Waals surface area contributed by atoms with Gasteiger partial charge in [0.05, 0.1) is 31.5 Å². The lowest BCUT2D eigenvalue weighted by Gasteiger charge is -2.14. The molecule has 2 heterocycles. The minimum Gasteiger partial charge on any atom is -0.497 e. The molecule has 10 nitrogen and oxygen atoms in total. The third-order valence-corrected chi connectivity index (χ3v) is 6.73. The van der Waals surface area contributed by atoms with Crippen molar-refractivity contribution in [1.82, 2.24) is 20.1 Å². The number of carbonyl (C=O) groups is 1. The van der Waals surface area contributed by atoms with Gasteiger partial charge in [-0.2, -0.15) is 0 Å². The molecule has 1 aliphatic heterocycles. The van der Waals surface area contributed by atoms with Crippen molar-refractivity contribution in [2.24, 2.45) is 4.99 Å². The van der Waals surface area contributed by atoms with Crippen LogP contribution in [0.5, 0.6) is 11.5 Å². The van der Waals surface area contributed by atoms with E-state index in [-0.39, 0.29) is 25.5 Å². The number of amides is 1. The first-order valence-corrected chi connectivity index (χ1v) is 13.0. The number of ether oxygens (including phenoxy) is 2. The summed E-state index contributed by atoms with van der Waals surface area (Å²) in [6.45, 7) is 2.30. The highest BCUT2D eigenvalue weighted by molar-refractivity contribution is 6.58. The topological polar surface area (TPSA) is 131 Å². The summed E-state index contributed by atoms with van der Waals surface area (Å²) in [5.74, 6) is 2.13. The third-order valence-electron chi connectivity index (χ3n) is 6.48. The number of fused-ring (bicyclic) bond motifs is 3. The van der Waals surface area contributed by atoms with Crippen LogP contribution in [0.2, 0.25) is 5.02 Å². The maximum Gasteiger partial charge on any atom is 0.488 e. The molecule has 5 rings (SSSR count). The van der Waals surface area contributed by atoms with Crippen LogP contribution in [0.15, 0.2) is 71.7 Å². The predicted octanol–water partition coefficient (Wildman–Crippen LogP) is 2.39. The van der Waals surface area contributed by atoms with E-state index >= 15 is 0 Å². The van der Waals surface area contributed by atoms with Gasteiger partial charge in [-0.1, -0.05) is 35.9 Å². The Balaban J connectivity index is 1.39. The average molecular weight is 560 g/mol. The van der Waals surface area contributed by atoms with Crippen LogP contribution in [-0.4, -0.2) is 63.8 Å². The SMILES string of the molecule is COc1ccc2c(c1)C(c1ccc(Cl)cc1)=N[C@@H](CC(=O)NCCOc1cccc(B(O)O)c1)c1nnc(C)n1-2. The van der Waals surface area contributed by atoms with Crippen molar-refractivity contribution < 1.29 is 24.3 Å². The summed E-state index contributed by atoms with van der Waals surface area (Å²) >= 11 is 6.16. The van der Waals surface area contributed by atoms with E-state index < -0.39 is 13.2 Å². The number of hydrogen-bond donors (Lipinski definition) is 3. The number of nitrogens with zero attached hydrogens (tertiary/aromatic N) is 4. The van der Waals surface area contributed by atoms with Crippen LogP contribution in [0.1, 0.15) is 35.2 Å². The molecule has 204 valence electrons. The van der Waals surface area contributed by atoms with Crippen molar-refractivity contribution in [3.8, 4) is 17.2 Å². The number of benzene rings is 3. The summed E-state index contributed by atoms with van der Waals surface area (Å²) in [5.41, 5.74) is 3.49. The summed E-state index contributed by atoms with van der Waals surface area (Å²) in [7, 11) is 0.0235. The minimum absolute atomic E-state index is 0.0343. The molecule has 12 heteroatoms. The van der Waals surface area contributed by atoms with E-state index in [9.17, 15) is 14.8 Å². The second-order valence-corrected chi connectivity index (χ2v) is 9.61. The monoisotopic (exact) mass is 559 g/mol. The Morgan fingerprint density at radius 3 is 2.62 bits per heavy atom. The van der Waals surface area contributed by atoms with E-state index in [1.54, 1.807) is 37.4 Å². The fourth-order valence-corrected chi connectivity index (χ4v) is 4.67. The molecule has 1 aromatic heterocycles. The van der Waals surface area contributed by atoms with E-state index in [1.807, 2.05) is 41.8 Å². The Kier molecular flexibility index (Phi) is 8.15. The van der Waals surface area contributed by atoms with Gasteiger partial charge in [0.15, 0.2) is 5.82 Å². The van der Waals surface area contributed by atoms with Gasteiger partial charge in [0.25, 0.3) is 0 Å². The Morgan fingerprint density at radius 1 is 1.07 bits per heavy atom. The predicted molar refractivity (Wildman–Crippen MR) is 152 cm³/mol. The molecule has 1 aliphatic rings. The maximum absolute atomic E-state index is 13.1. The summed E-state index contributed by atoms with van der Waals surface area (Å²) in [4.78, 5) is 18.1. The first-order chi connectivity index (χ1) is 19.3. The van der Waals surface area contributed by atoms with Gasteiger partial charge < -0.3 is 24.8 Å². The number of aromatic nitrogens is 3. The molecular weight excluding hydrogens is 533 g/mol. The lowest BCUT2D eigenvalue weighted by atomic mass is 9.80. The number of halogens is 1. The minimum atomic E-state index is -1.58. The first kappa shape index (κ1) is 27.4. The third kappa shape index (κ3) is 5.86. The van der Waals surface area contributed by atoms with Crippen molar-refractivity contribution in [1.29, 1.82) is 0 Å². The zero-order valence-corrected chi connectivity index (χ0v) is 22.7. The lowest BCUT2D eigenvalue weighted by molar-refractivity contribution is -0.121. The van der Waals surface area contributed by atoms with Gasteiger partial charge >= 0.3 is 7.12 Å². The van der Waals surface area contributed by atoms with Gasteiger partial charge in [0.1, 0.15) is 30.0 Å². The smallest absolute Gasteiger partial charge is 0.488 e. The Bertz CT molecular complexity index is 1560. The van der Waals surface area contributed by atoms with Gasteiger partial charge in [-0.05, 0) is 54.9 Å². The molecular formula is C28H27BClN5O5. The average Bonchev–Trinajstić information content (AvgIpc) is 3.28. The van der Waals surface area contributed by atoms with Gasteiger partial charge in [-0.3, -0.25) is 14.4 Å². The number of hydrogen-bond acceptors (Lipinski definition) is 8. The molecule has 0 bridgehead atoms. The maximum atomic E-state index is 13.1. The molecule has 0 radical (unpaired) electrons. The zero-order chi connectivity index (χ0) is 28.2. The molecule has 0 aliphatic carbocycles. The van der Waals surface area contributed by atoms with Crippen LogP contribution >= 0.6 is 11.6 Å². The van der Waals surface area contributed by atoms with Crippen molar-refractivity contribution in [3.63, 3.8) is 0 Å². The molecule has 0 saturated carbocycles. The molecule has 0 unspecified atom stereocenters. The van der Waals surface area contributed by atoms with Crippen LogP contribution in [0.4, 0.5) is 0 Å². The number of carbonyl (C=O) groups excluding carboxylic acids is 1.